The van der Waals surface area contributed by atoms with E-state index in [1.165, 1.54) is 4.31 Å². The molecule has 0 heterocycles. The van der Waals surface area contributed by atoms with E-state index in [-0.39, 0.29) is 5.75 Å². The molecule has 0 aliphatic heterocycles. The average molecular weight is 276 g/mol. The molecule has 5 heteroatoms. The van der Waals surface area contributed by atoms with Crippen molar-refractivity contribution >= 4 is 27.3 Å². The number of benzene rings is 1. The molecule has 0 saturated heterocycles. The number of aryl methyl sites for hydroxylation is 1. The summed E-state index contributed by atoms with van der Waals surface area (Å²) in [6.45, 7) is 4.19. The van der Waals surface area contributed by atoms with Gasteiger partial charge >= 0.3 is 0 Å². The monoisotopic (exact) mass is 275 g/mol. The summed E-state index contributed by atoms with van der Waals surface area (Å²) in [4.78, 5) is 0. The zero-order valence-electron chi connectivity index (χ0n) is 10.2. The van der Waals surface area contributed by atoms with Gasteiger partial charge in [-0.3, -0.25) is 4.31 Å². The molecule has 0 aliphatic rings. The van der Waals surface area contributed by atoms with Gasteiger partial charge in [-0.2, -0.15) is 0 Å². The smallest absolute Gasteiger partial charge is 0.235 e. The third kappa shape index (κ3) is 3.61. The second-order valence-corrected chi connectivity index (χ2v) is 6.20. The zero-order valence-corrected chi connectivity index (χ0v) is 11.8. The summed E-state index contributed by atoms with van der Waals surface area (Å²) < 4.78 is 25.7. The third-order valence-electron chi connectivity index (χ3n) is 2.54. The second kappa shape index (κ2) is 6.26. The first-order chi connectivity index (χ1) is 8.03. The fraction of sp³-hybridized carbons (Fsp3) is 0.500. The quantitative estimate of drug-likeness (QED) is 0.749. The molecule has 0 bridgehead atoms. The number of hydrogen-bond donors (Lipinski definition) is 0. The van der Waals surface area contributed by atoms with Crippen molar-refractivity contribution < 1.29 is 8.42 Å². The van der Waals surface area contributed by atoms with Gasteiger partial charge in [0.05, 0.1) is 11.4 Å². The van der Waals surface area contributed by atoms with Crippen LogP contribution in [0.15, 0.2) is 24.3 Å². The van der Waals surface area contributed by atoms with Gasteiger partial charge in [-0.25, -0.2) is 8.42 Å². The molecule has 0 amide bonds. The van der Waals surface area contributed by atoms with E-state index in [1.54, 1.807) is 0 Å². The molecule has 1 aromatic rings. The van der Waals surface area contributed by atoms with Crippen molar-refractivity contribution in [2.24, 2.45) is 0 Å². The molecule has 0 radical (unpaired) electrons. The number of halogens is 1. The minimum Gasteiger partial charge on any atom is -0.270 e. The standard InChI is InChI=1S/C12H18ClNO2S/c1-3-14(17(15,16)10-6-9-13)12-8-5-4-7-11(12)2/h4-5,7-8H,3,6,9-10H2,1-2H3. The average Bonchev–Trinajstić information content (AvgIpc) is 2.30. The van der Waals surface area contributed by atoms with Gasteiger partial charge in [-0.15, -0.1) is 11.6 Å². The highest BCUT2D eigenvalue weighted by atomic mass is 35.5. The van der Waals surface area contributed by atoms with E-state index < -0.39 is 10.0 Å². The van der Waals surface area contributed by atoms with Crippen LogP contribution in [0.4, 0.5) is 5.69 Å². The highest BCUT2D eigenvalue weighted by molar-refractivity contribution is 7.92. The maximum Gasteiger partial charge on any atom is 0.235 e. The van der Waals surface area contributed by atoms with Crippen molar-refractivity contribution in [1.82, 2.24) is 0 Å². The van der Waals surface area contributed by atoms with Crippen molar-refractivity contribution in [3.05, 3.63) is 29.8 Å². The van der Waals surface area contributed by atoms with Gasteiger partial charge in [0.15, 0.2) is 0 Å². The van der Waals surface area contributed by atoms with E-state index in [0.29, 0.717) is 18.8 Å². The third-order valence-corrected chi connectivity index (χ3v) is 4.74. The lowest BCUT2D eigenvalue weighted by Crippen LogP contribution is -2.33. The maximum atomic E-state index is 12.1. The minimum atomic E-state index is -3.26. The number of alkyl halides is 1. The van der Waals surface area contributed by atoms with Gasteiger partial charge in [0.1, 0.15) is 0 Å². The SMILES string of the molecule is CCN(c1ccccc1C)S(=O)(=O)CCCCl. The molecule has 17 heavy (non-hydrogen) atoms. The highest BCUT2D eigenvalue weighted by Crippen LogP contribution is 2.22. The van der Waals surface area contributed by atoms with Gasteiger partial charge in [0.25, 0.3) is 0 Å². The molecule has 1 aromatic carbocycles. The summed E-state index contributed by atoms with van der Waals surface area (Å²) in [6.07, 6.45) is 0.478. The van der Waals surface area contributed by atoms with E-state index in [2.05, 4.69) is 0 Å². The molecule has 3 nitrogen and oxygen atoms in total. The van der Waals surface area contributed by atoms with Crippen LogP contribution in [-0.4, -0.2) is 26.6 Å². The molecule has 0 spiro atoms. The van der Waals surface area contributed by atoms with Crippen molar-refractivity contribution in [2.75, 3.05) is 22.5 Å². The number of para-hydroxylation sites is 1. The fourth-order valence-electron chi connectivity index (χ4n) is 1.71. The Balaban J connectivity index is 3.04. The Morgan fingerprint density at radius 1 is 1.29 bits per heavy atom. The summed E-state index contributed by atoms with van der Waals surface area (Å²) >= 11 is 5.55. The Morgan fingerprint density at radius 2 is 1.94 bits per heavy atom. The Kier molecular flexibility index (Phi) is 5.28. The lowest BCUT2D eigenvalue weighted by molar-refractivity contribution is 0.590. The topological polar surface area (TPSA) is 37.4 Å². The zero-order chi connectivity index (χ0) is 12.9. The molecule has 0 aliphatic carbocycles. The first-order valence-electron chi connectivity index (χ1n) is 5.65. The van der Waals surface area contributed by atoms with Crippen LogP contribution in [-0.2, 0) is 10.0 Å². The van der Waals surface area contributed by atoms with Gasteiger partial charge in [-0.1, -0.05) is 18.2 Å². The van der Waals surface area contributed by atoms with E-state index in [9.17, 15) is 8.42 Å². The summed E-state index contributed by atoms with van der Waals surface area (Å²) in [7, 11) is -3.26. The molecule has 0 N–H and O–H groups in total. The summed E-state index contributed by atoms with van der Waals surface area (Å²) in [5.74, 6) is 0.462. The van der Waals surface area contributed by atoms with E-state index in [4.69, 9.17) is 11.6 Å². The predicted molar refractivity (Wildman–Crippen MR) is 73.3 cm³/mol. The lowest BCUT2D eigenvalue weighted by Gasteiger charge is -2.24. The highest BCUT2D eigenvalue weighted by Gasteiger charge is 2.21. The van der Waals surface area contributed by atoms with E-state index in [1.807, 2.05) is 38.1 Å². The van der Waals surface area contributed by atoms with Gasteiger partial charge in [0.2, 0.25) is 10.0 Å². The Hall–Kier alpha value is -0.740. The predicted octanol–water partition coefficient (Wildman–Crippen LogP) is 2.78. The lowest BCUT2D eigenvalue weighted by atomic mass is 10.2. The number of anilines is 1. The molecular weight excluding hydrogens is 258 g/mol. The summed E-state index contributed by atoms with van der Waals surface area (Å²) in [5, 5.41) is 0. The van der Waals surface area contributed by atoms with Crippen molar-refractivity contribution in [1.29, 1.82) is 0 Å². The van der Waals surface area contributed by atoms with E-state index >= 15 is 0 Å². The normalized spacial score (nSPS) is 11.5. The van der Waals surface area contributed by atoms with Crippen molar-refractivity contribution in [3.63, 3.8) is 0 Å². The van der Waals surface area contributed by atoms with Crippen molar-refractivity contribution in [2.45, 2.75) is 20.3 Å². The number of hydrogen-bond acceptors (Lipinski definition) is 2. The largest absolute Gasteiger partial charge is 0.270 e. The number of rotatable bonds is 6. The molecule has 0 aromatic heterocycles. The molecule has 0 fully saturated rings. The van der Waals surface area contributed by atoms with Gasteiger partial charge < -0.3 is 0 Å². The number of nitrogens with zero attached hydrogens (tertiary/aromatic N) is 1. The second-order valence-electron chi connectivity index (χ2n) is 3.81. The summed E-state index contributed by atoms with van der Waals surface area (Å²) in [6, 6.07) is 7.49. The van der Waals surface area contributed by atoms with Gasteiger partial charge in [-0.05, 0) is 31.9 Å². The number of sulfonamides is 1. The van der Waals surface area contributed by atoms with Crippen LogP contribution in [0, 0.1) is 6.92 Å². The van der Waals surface area contributed by atoms with Crippen LogP contribution >= 0.6 is 11.6 Å². The van der Waals surface area contributed by atoms with Crippen LogP contribution in [0.5, 0.6) is 0 Å². The minimum absolute atomic E-state index is 0.0959. The molecule has 0 atom stereocenters. The molecule has 1 rings (SSSR count). The Bertz CT molecular complexity index is 459. The van der Waals surface area contributed by atoms with Gasteiger partial charge in [0, 0.05) is 12.4 Å². The molecule has 96 valence electrons. The van der Waals surface area contributed by atoms with Crippen molar-refractivity contribution in [3.8, 4) is 0 Å². The molecular formula is C12H18ClNO2S. The maximum absolute atomic E-state index is 12.1. The first-order valence-corrected chi connectivity index (χ1v) is 7.79. The van der Waals surface area contributed by atoms with Crippen LogP contribution in [0.3, 0.4) is 0 Å². The molecule has 0 saturated carbocycles. The summed E-state index contributed by atoms with van der Waals surface area (Å²) in [5.41, 5.74) is 1.72. The van der Waals surface area contributed by atoms with E-state index in [0.717, 1.165) is 11.3 Å². The van der Waals surface area contributed by atoms with Crippen LogP contribution in [0.25, 0.3) is 0 Å². The van der Waals surface area contributed by atoms with Crippen LogP contribution in [0.2, 0.25) is 0 Å². The first kappa shape index (κ1) is 14.3. The molecule has 0 unspecified atom stereocenters. The Morgan fingerprint density at radius 3 is 2.47 bits per heavy atom. The van der Waals surface area contributed by atoms with Crippen LogP contribution in [0.1, 0.15) is 18.9 Å². The fourth-order valence-corrected chi connectivity index (χ4v) is 3.63. The van der Waals surface area contributed by atoms with Crippen LogP contribution < -0.4 is 4.31 Å². The Labute approximate surface area is 108 Å².